The van der Waals surface area contributed by atoms with Crippen molar-refractivity contribution in [1.82, 2.24) is 5.16 Å². The molecule has 0 aliphatic rings. The second-order valence-corrected chi connectivity index (χ2v) is 3.09. The molecule has 1 atom stereocenters. The SMILES string of the molecule is CC(C)c1cnoc1C(C)N. The number of hydrogen-bond donors (Lipinski definition) is 1. The average molecular weight is 154 g/mol. The van der Waals surface area contributed by atoms with Gasteiger partial charge in [-0.2, -0.15) is 0 Å². The largest absolute Gasteiger partial charge is 0.359 e. The third kappa shape index (κ3) is 1.60. The second-order valence-electron chi connectivity index (χ2n) is 3.09. The summed E-state index contributed by atoms with van der Waals surface area (Å²) in [5.41, 5.74) is 6.77. The molecule has 0 saturated heterocycles. The van der Waals surface area contributed by atoms with Crippen LogP contribution >= 0.6 is 0 Å². The number of aromatic nitrogens is 1. The van der Waals surface area contributed by atoms with Crippen molar-refractivity contribution < 1.29 is 4.52 Å². The highest BCUT2D eigenvalue weighted by Gasteiger charge is 2.14. The highest BCUT2D eigenvalue weighted by molar-refractivity contribution is 5.19. The fraction of sp³-hybridized carbons (Fsp3) is 0.625. The molecule has 1 aromatic heterocycles. The second kappa shape index (κ2) is 3.05. The van der Waals surface area contributed by atoms with Crippen molar-refractivity contribution >= 4 is 0 Å². The summed E-state index contributed by atoms with van der Waals surface area (Å²) in [6.07, 6.45) is 1.74. The maximum Gasteiger partial charge on any atom is 0.156 e. The monoisotopic (exact) mass is 154 g/mol. The summed E-state index contributed by atoms with van der Waals surface area (Å²) in [4.78, 5) is 0. The van der Waals surface area contributed by atoms with E-state index in [0.717, 1.165) is 11.3 Å². The molecule has 0 amide bonds. The first kappa shape index (κ1) is 8.27. The van der Waals surface area contributed by atoms with Gasteiger partial charge in [0.05, 0.1) is 12.2 Å². The number of rotatable bonds is 2. The molecule has 1 unspecified atom stereocenters. The van der Waals surface area contributed by atoms with Crippen molar-refractivity contribution in [2.45, 2.75) is 32.7 Å². The highest BCUT2D eigenvalue weighted by Crippen LogP contribution is 2.22. The van der Waals surface area contributed by atoms with Crippen LogP contribution in [0.25, 0.3) is 0 Å². The summed E-state index contributed by atoms with van der Waals surface area (Å²) in [5.74, 6) is 1.24. The van der Waals surface area contributed by atoms with Gasteiger partial charge in [0.2, 0.25) is 0 Å². The van der Waals surface area contributed by atoms with Crippen LogP contribution in [0.2, 0.25) is 0 Å². The van der Waals surface area contributed by atoms with Gasteiger partial charge >= 0.3 is 0 Å². The molecule has 3 nitrogen and oxygen atoms in total. The molecule has 62 valence electrons. The zero-order valence-electron chi connectivity index (χ0n) is 7.16. The van der Waals surface area contributed by atoms with Crippen molar-refractivity contribution in [2.75, 3.05) is 0 Å². The molecule has 0 saturated carbocycles. The normalized spacial score (nSPS) is 13.9. The molecular formula is C8H14N2O. The van der Waals surface area contributed by atoms with Crippen LogP contribution in [0.4, 0.5) is 0 Å². The predicted molar refractivity (Wildman–Crippen MR) is 43.2 cm³/mol. The minimum absolute atomic E-state index is 0.0603. The Balaban J connectivity index is 2.96. The standard InChI is InChI=1S/C8H14N2O/c1-5(2)7-4-10-11-8(7)6(3)9/h4-6H,9H2,1-3H3. The first-order chi connectivity index (χ1) is 5.13. The number of nitrogens with zero attached hydrogens (tertiary/aromatic N) is 1. The minimum atomic E-state index is -0.0603. The van der Waals surface area contributed by atoms with E-state index in [0.29, 0.717) is 5.92 Å². The smallest absolute Gasteiger partial charge is 0.156 e. The molecule has 1 aromatic rings. The molecule has 0 aliphatic heterocycles. The summed E-state index contributed by atoms with van der Waals surface area (Å²) >= 11 is 0. The van der Waals surface area contributed by atoms with E-state index in [4.69, 9.17) is 10.3 Å². The Kier molecular flexibility index (Phi) is 2.29. The van der Waals surface area contributed by atoms with E-state index < -0.39 is 0 Å². The van der Waals surface area contributed by atoms with E-state index >= 15 is 0 Å². The van der Waals surface area contributed by atoms with Gasteiger partial charge in [0, 0.05) is 5.56 Å². The fourth-order valence-corrected chi connectivity index (χ4v) is 1.04. The topological polar surface area (TPSA) is 52.0 Å². The lowest BCUT2D eigenvalue weighted by Gasteiger charge is -2.05. The lowest BCUT2D eigenvalue weighted by atomic mass is 10.0. The minimum Gasteiger partial charge on any atom is -0.359 e. The molecule has 1 rings (SSSR count). The number of nitrogens with two attached hydrogens (primary N) is 1. The van der Waals surface area contributed by atoms with Gasteiger partial charge in [0.25, 0.3) is 0 Å². The Labute approximate surface area is 66.6 Å². The van der Waals surface area contributed by atoms with Crippen LogP contribution in [-0.4, -0.2) is 5.16 Å². The van der Waals surface area contributed by atoms with Crippen molar-refractivity contribution in [2.24, 2.45) is 5.73 Å². The van der Waals surface area contributed by atoms with Crippen LogP contribution in [-0.2, 0) is 0 Å². The van der Waals surface area contributed by atoms with Gasteiger partial charge in [-0.3, -0.25) is 0 Å². The zero-order valence-corrected chi connectivity index (χ0v) is 7.16. The molecule has 0 bridgehead atoms. The van der Waals surface area contributed by atoms with Gasteiger partial charge in [-0.05, 0) is 12.8 Å². The molecule has 0 aliphatic carbocycles. The van der Waals surface area contributed by atoms with Gasteiger partial charge in [0.15, 0.2) is 5.76 Å². The zero-order chi connectivity index (χ0) is 8.43. The first-order valence-electron chi connectivity index (χ1n) is 3.83. The maximum atomic E-state index is 5.66. The van der Waals surface area contributed by atoms with Crippen LogP contribution in [0.1, 0.15) is 44.1 Å². The molecule has 2 N–H and O–H groups in total. The fourth-order valence-electron chi connectivity index (χ4n) is 1.04. The van der Waals surface area contributed by atoms with Gasteiger partial charge in [0.1, 0.15) is 0 Å². The lowest BCUT2D eigenvalue weighted by molar-refractivity contribution is 0.365. The van der Waals surface area contributed by atoms with Crippen molar-refractivity contribution in [3.8, 4) is 0 Å². The Bertz CT molecular complexity index is 205. The van der Waals surface area contributed by atoms with E-state index in [9.17, 15) is 0 Å². The Morgan fingerprint density at radius 3 is 2.45 bits per heavy atom. The van der Waals surface area contributed by atoms with Crippen LogP contribution in [0.15, 0.2) is 10.7 Å². The molecule has 0 radical (unpaired) electrons. The van der Waals surface area contributed by atoms with E-state index in [1.165, 1.54) is 0 Å². The van der Waals surface area contributed by atoms with E-state index in [2.05, 4.69) is 19.0 Å². The molecule has 0 fully saturated rings. The summed E-state index contributed by atoms with van der Waals surface area (Å²) in [5, 5.41) is 3.71. The van der Waals surface area contributed by atoms with Crippen LogP contribution in [0.3, 0.4) is 0 Å². The highest BCUT2D eigenvalue weighted by atomic mass is 16.5. The third-order valence-corrected chi connectivity index (χ3v) is 1.66. The van der Waals surface area contributed by atoms with Crippen molar-refractivity contribution in [3.63, 3.8) is 0 Å². The van der Waals surface area contributed by atoms with Crippen LogP contribution in [0, 0.1) is 0 Å². The summed E-state index contributed by atoms with van der Waals surface area (Å²) in [6.45, 7) is 6.09. The molecule has 1 heterocycles. The van der Waals surface area contributed by atoms with Gasteiger partial charge in [-0.25, -0.2) is 0 Å². The molecule has 0 aromatic carbocycles. The lowest BCUT2D eigenvalue weighted by Crippen LogP contribution is -2.06. The summed E-state index contributed by atoms with van der Waals surface area (Å²) in [7, 11) is 0. The maximum absolute atomic E-state index is 5.66. The Morgan fingerprint density at radius 2 is 2.09 bits per heavy atom. The van der Waals surface area contributed by atoms with Crippen molar-refractivity contribution in [1.29, 1.82) is 0 Å². The van der Waals surface area contributed by atoms with Gasteiger partial charge in [-0.15, -0.1) is 0 Å². The summed E-state index contributed by atoms with van der Waals surface area (Å²) < 4.78 is 5.01. The van der Waals surface area contributed by atoms with E-state index in [-0.39, 0.29) is 6.04 Å². The van der Waals surface area contributed by atoms with Crippen molar-refractivity contribution in [3.05, 3.63) is 17.5 Å². The van der Waals surface area contributed by atoms with Gasteiger partial charge in [-0.1, -0.05) is 19.0 Å². The average Bonchev–Trinajstić information content (AvgIpc) is 2.32. The van der Waals surface area contributed by atoms with Crippen LogP contribution < -0.4 is 5.73 Å². The summed E-state index contributed by atoms with van der Waals surface area (Å²) in [6, 6.07) is -0.0603. The molecule has 11 heavy (non-hydrogen) atoms. The number of hydrogen-bond acceptors (Lipinski definition) is 3. The Morgan fingerprint density at radius 1 is 1.45 bits per heavy atom. The Hall–Kier alpha value is -0.830. The van der Waals surface area contributed by atoms with Crippen LogP contribution in [0.5, 0.6) is 0 Å². The molecule has 0 spiro atoms. The van der Waals surface area contributed by atoms with E-state index in [1.54, 1.807) is 6.20 Å². The quantitative estimate of drug-likeness (QED) is 0.706. The third-order valence-electron chi connectivity index (χ3n) is 1.66. The first-order valence-corrected chi connectivity index (χ1v) is 3.83. The predicted octanol–water partition coefficient (Wildman–Crippen LogP) is 1.82. The van der Waals surface area contributed by atoms with Gasteiger partial charge < -0.3 is 10.3 Å². The molecular weight excluding hydrogens is 140 g/mol. The molecule has 3 heteroatoms. The van der Waals surface area contributed by atoms with E-state index in [1.807, 2.05) is 6.92 Å².